The summed E-state index contributed by atoms with van der Waals surface area (Å²) in [5.74, 6) is 0.0338. The topological polar surface area (TPSA) is 44.1 Å². The fourth-order valence-electron chi connectivity index (χ4n) is 2.86. The maximum absolute atomic E-state index is 14.0. The van der Waals surface area contributed by atoms with Crippen LogP contribution in [0, 0.1) is 5.82 Å². The van der Waals surface area contributed by atoms with E-state index in [2.05, 4.69) is 4.98 Å². The molecule has 1 aliphatic carbocycles. The summed E-state index contributed by atoms with van der Waals surface area (Å²) in [4.78, 5) is 16.8. The van der Waals surface area contributed by atoms with Crippen molar-refractivity contribution in [2.45, 2.75) is 45.1 Å². The minimum Gasteiger partial charge on any atom is -0.465 e. The first-order chi connectivity index (χ1) is 10.0. The van der Waals surface area contributed by atoms with Crippen molar-refractivity contribution in [1.82, 2.24) is 9.55 Å². The first-order valence-corrected chi connectivity index (χ1v) is 7.35. The Morgan fingerprint density at radius 2 is 2.19 bits per heavy atom. The minimum absolute atomic E-state index is 0.0960. The quantitative estimate of drug-likeness (QED) is 0.811. The highest BCUT2D eigenvalue weighted by Crippen LogP contribution is 2.50. The molecule has 21 heavy (non-hydrogen) atoms. The number of aromatic nitrogens is 2. The van der Waals surface area contributed by atoms with E-state index in [0.717, 1.165) is 5.52 Å². The second kappa shape index (κ2) is 4.83. The number of hydrogen-bond donors (Lipinski definition) is 0. The van der Waals surface area contributed by atoms with E-state index >= 15 is 0 Å². The lowest BCUT2D eigenvalue weighted by Crippen LogP contribution is -2.27. The van der Waals surface area contributed by atoms with Crippen molar-refractivity contribution < 1.29 is 13.9 Å². The normalized spacial score (nSPS) is 16.4. The Labute approximate surface area is 122 Å². The lowest BCUT2D eigenvalue weighted by atomic mass is 10.1. The van der Waals surface area contributed by atoms with Gasteiger partial charge in [-0.15, -0.1) is 0 Å². The molecule has 0 N–H and O–H groups in total. The summed E-state index contributed by atoms with van der Waals surface area (Å²) >= 11 is 0. The molecule has 1 aliphatic rings. The van der Waals surface area contributed by atoms with Gasteiger partial charge in [0.25, 0.3) is 0 Å². The fraction of sp³-hybridized carbons (Fsp3) is 0.500. The second-order valence-corrected chi connectivity index (χ2v) is 5.81. The molecule has 0 radical (unpaired) electrons. The van der Waals surface area contributed by atoms with Crippen LogP contribution in [0.4, 0.5) is 4.39 Å². The molecule has 0 unspecified atom stereocenters. The summed E-state index contributed by atoms with van der Waals surface area (Å²) < 4.78 is 21.2. The van der Waals surface area contributed by atoms with Gasteiger partial charge in [-0.25, -0.2) is 9.37 Å². The van der Waals surface area contributed by atoms with E-state index in [1.807, 2.05) is 24.5 Å². The van der Waals surface area contributed by atoms with Gasteiger partial charge in [0, 0.05) is 6.04 Å². The predicted octanol–water partition coefficient (Wildman–Crippen LogP) is 3.35. The van der Waals surface area contributed by atoms with E-state index in [9.17, 15) is 9.18 Å². The third-order valence-corrected chi connectivity index (χ3v) is 4.03. The number of nitrogens with zero attached hydrogens (tertiary/aromatic N) is 2. The van der Waals surface area contributed by atoms with Gasteiger partial charge in [0.05, 0.1) is 12.1 Å². The summed E-state index contributed by atoms with van der Waals surface area (Å²) in [6.45, 7) is 6.16. The number of esters is 1. The molecule has 112 valence electrons. The largest absolute Gasteiger partial charge is 0.465 e. The highest BCUT2D eigenvalue weighted by atomic mass is 19.1. The summed E-state index contributed by atoms with van der Waals surface area (Å²) in [7, 11) is 0. The first-order valence-electron chi connectivity index (χ1n) is 7.35. The molecular weight excluding hydrogens is 271 g/mol. The molecule has 1 aromatic heterocycles. The van der Waals surface area contributed by atoms with Gasteiger partial charge >= 0.3 is 5.97 Å². The van der Waals surface area contributed by atoms with Crippen LogP contribution in [0.2, 0.25) is 0 Å². The Morgan fingerprint density at radius 3 is 2.76 bits per heavy atom. The number of ether oxygens (including phenoxy) is 1. The Hall–Kier alpha value is -1.91. The van der Waals surface area contributed by atoms with Crippen LogP contribution < -0.4 is 0 Å². The molecule has 0 aliphatic heterocycles. The summed E-state index contributed by atoms with van der Waals surface area (Å²) in [5, 5.41) is 0. The number of carbonyl (C=O) groups is 1. The maximum Gasteiger partial charge on any atom is 0.319 e. The number of fused-ring (bicyclic) bond motifs is 1. The zero-order chi connectivity index (χ0) is 15.2. The average molecular weight is 290 g/mol. The van der Waals surface area contributed by atoms with Crippen molar-refractivity contribution in [3.05, 3.63) is 29.8 Å². The highest BCUT2D eigenvalue weighted by molar-refractivity contribution is 5.88. The third-order valence-electron chi connectivity index (χ3n) is 4.03. The first kappa shape index (κ1) is 14.0. The van der Waals surface area contributed by atoms with Gasteiger partial charge in [0.1, 0.15) is 16.8 Å². The van der Waals surface area contributed by atoms with Crippen LogP contribution in [0.15, 0.2) is 18.2 Å². The Bertz CT molecular complexity index is 702. The summed E-state index contributed by atoms with van der Waals surface area (Å²) in [6, 6.07) is 5.01. The molecule has 0 amide bonds. The van der Waals surface area contributed by atoms with Gasteiger partial charge in [-0.3, -0.25) is 4.79 Å². The van der Waals surface area contributed by atoms with Gasteiger partial charge < -0.3 is 9.30 Å². The number of para-hydroxylation sites is 1. The van der Waals surface area contributed by atoms with Crippen molar-refractivity contribution in [3.63, 3.8) is 0 Å². The van der Waals surface area contributed by atoms with Crippen LogP contribution in [0.1, 0.15) is 45.5 Å². The third kappa shape index (κ3) is 2.03. The number of hydrogen-bond acceptors (Lipinski definition) is 3. The van der Waals surface area contributed by atoms with Crippen molar-refractivity contribution in [2.75, 3.05) is 6.61 Å². The maximum atomic E-state index is 14.0. The van der Waals surface area contributed by atoms with Crippen molar-refractivity contribution in [1.29, 1.82) is 0 Å². The van der Waals surface area contributed by atoms with Crippen molar-refractivity contribution in [3.8, 4) is 0 Å². The number of rotatable bonds is 4. The van der Waals surface area contributed by atoms with Crippen LogP contribution >= 0.6 is 0 Å². The molecule has 0 saturated heterocycles. The zero-order valence-corrected chi connectivity index (χ0v) is 12.5. The second-order valence-electron chi connectivity index (χ2n) is 5.81. The smallest absolute Gasteiger partial charge is 0.319 e. The van der Waals surface area contributed by atoms with Crippen molar-refractivity contribution in [2.24, 2.45) is 0 Å². The average Bonchev–Trinajstić information content (AvgIpc) is 3.14. The Kier molecular flexibility index (Phi) is 3.23. The van der Waals surface area contributed by atoms with Gasteiger partial charge in [-0.05, 0) is 45.7 Å². The molecule has 2 aromatic rings. The predicted molar refractivity (Wildman–Crippen MR) is 77.6 cm³/mol. The number of carbonyl (C=O) groups excluding carboxylic acids is 1. The highest BCUT2D eigenvalue weighted by Gasteiger charge is 2.56. The molecule has 0 spiro atoms. The zero-order valence-electron chi connectivity index (χ0n) is 12.5. The molecule has 0 bridgehead atoms. The standard InChI is InChI=1S/C16H19FN2O2/c1-4-21-15(20)16(8-9-16)14-18-13-11(17)6-5-7-12(13)19(14)10(2)3/h5-7,10H,4,8-9H2,1-3H3. The molecule has 1 heterocycles. The molecule has 4 nitrogen and oxygen atoms in total. The fourth-order valence-corrected chi connectivity index (χ4v) is 2.86. The van der Waals surface area contributed by atoms with Crippen molar-refractivity contribution >= 4 is 17.0 Å². The summed E-state index contributed by atoms with van der Waals surface area (Å²) in [6.07, 6.45) is 1.42. The molecule has 5 heteroatoms. The molecule has 1 fully saturated rings. The molecule has 1 saturated carbocycles. The van der Waals surface area contributed by atoms with Crippen LogP contribution in [-0.4, -0.2) is 22.1 Å². The van der Waals surface area contributed by atoms with E-state index in [1.54, 1.807) is 13.0 Å². The van der Waals surface area contributed by atoms with E-state index in [0.29, 0.717) is 30.8 Å². The van der Waals surface area contributed by atoms with Crippen LogP contribution in [0.5, 0.6) is 0 Å². The van der Waals surface area contributed by atoms with Crippen LogP contribution in [0.25, 0.3) is 11.0 Å². The number of benzene rings is 1. The van der Waals surface area contributed by atoms with Gasteiger partial charge in [0.2, 0.25) is 0 Å². The van der Waals surface area contributed by atoms with E-state index < -0.39 is 5.41 Å². The van der Waals surface area contributed by atoms with E-state index in [4.69, 9.17) is 4.74 Å². The molecule has 0 atom stereocenters. The monoisotopic (exact) mass is 290 g/mol. The lowest BCUT2D eigenvalue weighted by molar-refractivity contribution is -0.146. The Balaban J connectivity index is 2.21. The molecule has 1 aromatic carbocycles. The molecule has 3 rings (SSSR count). The van der Waals surface area contributed by atoms with Crippen LogP contribution in [-0.2, 0) is 14.9 Å². The SMILES string of the molecule is CCOC(=O)C1(c2nc3c(F)cccc3n2C(C)C)CC1. The molecular formula is C16H19FN2O2. The van der Waals surface area contributed by atoms with Gasteiger partial charge in [0.15, 0.2) is 5.82 Å². The van der Waals surface area contributed by atoms with E-state index in [1.165, 1.54) is 6.07 Å². The number of halogens is 1. The van der Waals surface area contributed by atoms with Crippen LogP contribution in [0.3, 0.4) is 0 Å². The summed E-state index contributed by atoms with van der Waals surface area (Å²) in [5.41, 5.74) is 0.374. The van der Waals surface area contributed by atoms with Gasteiger partial charge in [-0.1, -0.05) is 6.07 Å². The minimum atomic E-state index is -0.689. The van der Waals surface area contributed by atoms with E-state index in [-0.39, 0.29) is 17.8 Å². The lowest BCUT2D eigenvalue weighted by Gasteiger charge is -2.18. The van der Waals surface area contributed by atoms with Gasteiger partial charge in [-0.2, -0.15) is 0 Å². The number of imidazole rings is 1. The Morgan fingerprint density at radius 1 is 1.48 bits per heavy atom.